The summed E-state index contributed by atoms with van der Waals surface area (Å²) >= 11 is 0. The summed E-state index contributed by atoms with van der Waals surface area (Å²) in [7, 11) is 0. The number of nitrogens with zero attached hydrogens (tertiary/aromatic N) is 1. The highest BCUT2D eigenvalue weighted by Gasteiger charge is 2.20. The van der Waals surface area contributed by atoms with Gasteiger partial charge in [0, 0.05) is 38.1 Å². The minimum absolute atomic E-state index is 0.253. The third-order valence-electron chi connectivity index (χ3n) is 2.57. The topological polar surface area (TPSA) is 57.4 Å². The molecular formula is C14H25N3O2. The minimum atomic E-state index is -0.442. The van der Waals surface area contributed by atoms with Crippen molar-refractivity contribution in [1.82, 2.24) is 15.2 Å². The van der Waals surface area contributed by atoms with Crippen LogP contribution in [-0.2, 0) is 11.3 Å². The summed E-state index contributed by atoms with van der Waals surface area (Å²) in [4.78, 5) is 16.7. The largest absolute Gasteiger partial charge is 0.444 e. The molecule has 1 aromatic heterocycles. The maximum absolute atomic E-state index is 11.9. The fourth-order valence-electron chi connectivity index (χ4n) is 1.62. The molecule has 1 rings (SSSR count). The van der Waals surface area contributed by atoms with E-state index in [1.807, 2.05) is 46.0 Å². The SMILES string of the molecule is CCN(CCNCc1ccc[nH]1)C(=O)OC(C)(C)C. The molecule has 0 saturated carbocycles. The Morgan fingerprint density at radius 1 is 1.47 bits per heavy atom. The lowest BCUT2D eigenvalue weighted by atomic mass is 10.2. The molecule has 19 heavy (non-hydrogen) atoms. The highest BCUT2D eigenvalue weighted by Crippen LogP contribution is 2.09. The molecule has 0 saturated heterocycles. The van der Waals surface area contributed by atoms with Crippen LogP contribution in [0.25, 0.3) is 0 Å². The summed E-state index contributed by atoms with van der Waals surface area (Å²) in [6, 6.07) is 3.99. The maximum atomic E-state index is 11.9. The molecule has 1 heterocycles. The molecule has 0 atom stereocenters. The molecule has 108 valence electrons. The van der Waals surface area contributed by atoms with Crippen LogP contribution in [0.5, 0.6) is 0 Å². The van der Waals surface area contributed by atoms with E-state index in [4.69, 9.17) is 4.74 Å². The first kappa shape index (κ1) is 15.6. The Morgan fingerprint density at radius 2 is 2.21 bits per heavy atom. The van der Waals surface area contributed by atoms with E-state index in [1.54, 1.807) is 4.90 Å². The van der Waals surface area contributed by atoms with Crippen molar-refractivity contribution in [3.05, 3.63) is 24.0 Å². The zero-order chi connectivity index (χ0) is 14.3. The third kappa shape index (κ3) is 6.29. The Hall–Kier alpha value is -1.49. The van der Waals surface area contributed by atoms with Crippen LogP contribution in [0.4, 0.5) is 4.79 Å². The lowest BCUT2D eigenvalue weighted by Crippen LogP contribution is -2.40. The molecule has 0 unspecified atom stereocenters. The fourth-order valence-corrected chi connectivity index (χ4v) is 1.62. The average Bonchev–Trinajstić information content (AvgIpc) is 2.79. The number of rotatable bonds is 6. The predicted molar refractivity (Wildman–Crippen MR) is 76.0 cm³/mol. The second kappa shape index (κ2) is 7.19. The number of amides is 1. The Morgan fingerprint density at radius 3 is 2.74 bits per heavy atom. The molecular weight excluding hydrogens is 242 g/mol. The lowest BCUT2D eigenvalue weighted by Gasteiger charge is -2.26. The summed E-state index contributed by atoms with van der Waals surface area (Å²) in [6.45, 7) is 10.4. The minimum Gasteiger partial charge on any atom is -0.444 e. The number of hydrogen-bond donors (Lipinski definition) is 2. The van der Waals surface area contributed by atoms with Crippen molar-refractivity contribution in [1.29, 1.82) is 0 Å². The number of likely N-dealkylation sites (N-methyl/N-ethyl adjacent to an activating group) is 1. The molecule has 0 spiro atoms. The van der Waals surface area contributed by atoms with Crippen LogP contribution >= 0.6 is 0 Å². The van der Waals surface area contributed by atoms with Gasteiger partial charge in [-0.2, -0.15) is 0 Å². The van der Waals surface area contributed by atoms with E-state index < -0.39 is 5.60 Å². The normalized spacial score (nSPS) is 11.4. The molecule has 5 heteroatoms. The van der Waals surface area contributed by atoms with Gasteiger partial charge in [0.15, 0.2) is 0 Å². The van der Waals surface area contributed by atoms with E-state index in [0.717, 1.165) is 18.8 Å². The van der Waals surface area contributed by atoms with Gasteiger partial charge in [-0.05, 0) is 39.8 Å². The summed E-state index contributed by atoms with van der Waals surface area (Å²) < 4.78 is 5.35. The monoisotopic (exact) mass is 267 g/mol. The molecule has 1 aromatic rings. The van der Waals surface area contributed by atoms with Gasteiger partial charge in [-0.1, -0.05) is 0 Å². The van der Waals surface area contributed by atoms with E-state index in [-0.39, 0.29) is 6.09 Å². The second-order valence-electron chi connectivity index (χ2n) is 5.43. The van der Waals surface area contributed by atoms with Gasteiger partial charge in [0.2, 0.25) is 0 Å². The summed E-state index contributed by atoms with van der Waals surface area (Å²) in [6.07, 6.45) is 1.65. The highest BCUT2D eigenvalue weighted by molar-refractivity contribution is 5.68. The van der Waals surface area contributed by atoms with Gasteiger partial charge in [0.25, 0.3) is 0 Å². The fraction of sp³-hybridized carbons (Fsp3) is 0.643. The first-order valence-corrected chi connectivity index (χ1v) is 6.73. The molecule has 5 nitrogen and oxygen atoms in total. The van der Waals surface area contributed by atoms with Gasteiger partial charge in [0.1, 0.15) is 5.60 Å². The molecule has 0 radical (unpaired) electrons. The number of aromatic nitrogens is 1. The Bertz CT molecular complexity index is 369. The standard InChI is InChI=1S/C14H25N3O2/c1-5-17(13(18)19-14(2,3)4)10-9-15-11-12-7-6-8-16-12/h6-8,15-16H,5,9-11H2,1-4H3. The molecule has 0 bridgehead atoms. The summed E-state index contributed by atoms with van der Waals surface area (Å²) in [5, 5.41) is 3.29. The van der Waals surface area contributed by atoms with Crippen molar-refractivity contribution >= 4 is 6.09 Å². The lowest BCUT2D eigenvalue weighted by molar-refractivity contribution is 0.0262. The first-order valence-electron chi connectivity index (χ1n) is 6.73. The van der Waals surface area contributed by atoms with Crippen molar-refractivity contribution in [3.63, 3.8) is 0 Å². The van der Waals surface area contributed by atoms with Crippen molar-refractivity contribution in [2.45, 2.75) is 39.8 Å². The van der Waals surface area contributed by atoms with Gasteiger partial charge in [-0.3, -0.25) is 0 Å². The molecule has 0 fully saturated rings. The van der Waals surface area contributed by atoms with Crippen molar-refractivity contribution in [2.24, 2.45) is 0 Å². The van der Waals surface area contributed by atoms with Crippen molar-refractivity contribution < 1.29 is 9.53 Å². The van der Waals surface area contributed by atoms with Crippen LogP contribution in [-0.4, -0.2) is 41.2 Å². The van der Waals surface area contributed by atoms with Crippen molar-refractivity contribution in [2.75, 3.05) is 19.6 Å². The molecule has 1 amide bonds. The Kier molecular flexibility index (Phi) is 5.89. The van der Waals surface area contributed by atoms with E-state index in [9.17, 15) is 4.79 Å². The zero-order valence-electron chi connectivity index (χ0n) is 12.3. The number of aromatic amines is 1. The maximum Gasteiger partial charge on any atom is 0.410 e. The van der Waals surface area contributed by atoms with Crippen LogP contribution in [0.1, 0.15) is 33.4 Å². The highest BCUT2D eigenvalue weighted by atomic mass is 16.6. The van der Waals surface area contributed by atoms with Crippen LogP contribution in [0, 0.1) is 0 Å². The second-order valence-corrected chi connectivity index (χ2v) is 5.43. The van der Waals surface area contributed by atoms with Crippen LogP contribution in [0.2, 0.25) is 0 Å². The van der Waals surface area contributed by atoms with Crippen LogP contribution < -0.4 is 5.32 Å². The molecule has 0 aliphatic rings. The number of hydrogen-bond acceptors (Lipinski definition) is 3. The van der Waals surface area contributed by atoms with Gasteiger partial charge in [-0.15, -0.1) is 0 Å². The number of H-pyrrole nitrogens is 1. The quantitative estimate of drug-likeness (QED) is 0.778. The smallest absolute Gasteiger partial charge is 0.410 e. The first-order chi connectivity index (χ1) is 8.92. The van der Waals surface area contributed by atoms with E-state index >= 15 is 0 Å². The molecule has 0 aliphatic carbocycles. The van der Waals surface area contributed by atoms with Crippen LogP contribution in [0.3, 0.4) is 0 Å². The molecule has 0 aliphatic heterocycles. The number of carbonyl (C=O) groups excluding carboxylic acids is 1. The van der Waals surface area contributed by atoms with Crippen LogP contribution in [0.15, 0.2) is 18.3 Å². The van der Waals surface area contributed by atoms with Gasteiger partial charge in [-0.25, -0.2) is 4.79 Å². The summed E-state index contributed by atoms with van der Waals surface area (Å²) in [5.74, 6) is 0. The molecule has 0 aromatic carbocycles. The molecule has 2 N–H and O–H groups in total. The third-order valence-corrected chi connectivity index (χ3v) is 2.57. The zero-order valence-corrected chi connectivity index (χ0v) is 12.3. The Balaban J connectivity index is 2.26. The summed E-state index contributed by atoms with van der Waals surface area (Å²) in [5.41, 5.74) is 0.697. The van der Waals surface area contributed by atoms with Crippen molar-refractivity contribution in [3.8, 4) is 0 Å². The van der Waals surface area contributed by atoms with Gasteiger partial charge < -0.3 is 19.9 Å². The van der Waals surface area contributed by atoms with Gasteiger partial charge in [0.05, 0.1) is 0 Å². The Labute approximate surface area is 115 Å². The number of nitrogens with one attached hydrogen (secondary N) is 2. The van der Waals surface area contributed by atoms with Gasteiger partial charge >= 0.3 is 6.09 Å². The number of ether oxygens (including phenoxy) is 1. The van der Waals surface area contributed by atoms with E-state index in [2.05, 4.69) is 10.3 Å². The van der Waals surface area contributed by atoms with E-state index in [0.29, 0.717) is 13.1 Å². The number of carbonyl (C=O) groups is 1. The van der Waals surface area contributed by atoms with E-state index in [1.165, 1.54) is 0 Å². The predicted octanol–water partition coefficient (Wildman–Crippen LogP) is 2.36. The average molecular weight is 267 g/mol.